The summed E-state index contributed by atoms with van der Waals surface area (Å²) >= 11 is 0. The van der Waals surface area contributed by atoms with Crippen molar-refractivity contribution in [3.05, 3.63) is 54.1 Å². The lowest BCUT2D eigenvalue weighted by Gasteiger charge is -2.40. The summed E-state index contributed by atoms with van der Waals surface area (Å²) in [6.45, 7) is 13.2. The van der Waals surface area contributed by atoms with Crippen LogP contribution in [0.3, 0.4) is 0 Å². The first-order valence-corrected chi connectivity index (χ1v) is 11.7. The van der Waals surface area contributed by atoms with E-state index in [1.54, 1.807) is 6.08 Å². The minimum absolute atomic E-state index is 0.0311. The van der Waals surface area contributed by atoms with Gasteiger partial charge in [0.05, 0.1) is 6.10 Å². The normalized spacial score (nSPS) is 15.6. The number of carboxylic acid groups (broad SMARTS) is 1. The minimum atomic E-state index is -1.93. The van der Waals surface area contributed by atoms with E-state index < -0.39 is 14.3 Å². The van der Waals surface area contributed by atoms with Gasteiger partial charge in [0, 0.05) is 6.08 Å². The molecule has 0 saturated carbocycles. The fourth-order valence-corrected chi connectivity index (χ4v) is 3.60. The number of rotatable bonds is 8. The maximum absolute atomic E-state index is 10.8. The molecule has 3 nitrogen and oxygen atoms in total. The number of carbonyl (C=O) groups is 1. The fourth-order valence-electron chi connectivity index (χ4n) is 2.18. The molecule has 138 valence electrons. The Hall–Kier alpha value is -1.65. The molecule has 0 aliphatic rings. The van der Waals surface area contributed by atoms with Crippen LogP contribution in [0.2, 0.25) is 18.1 Å². The predicted octanol–water partition coefficient (Wildman–Crippen LogP) is 5.76. The molecule has 1 N–H and O–H groups in total. The molecule has 0 amide bonds. The van der Waals surface area contributed by atoms with Crippen LogP contribution in [0.25, 0.3) is 6.08 Å². The third-order valence-corrected chi connectivity index (χ3v) is 9.36. The Morgan fingerprint density at radius 2 is 1.84 bits per heavy atom. The minimum Gasteiger partial charge on any atom is -0.478 e. The highest BCUT2D eigenvalue weighted by Gasteiger charge is 2.39. The first-order valence-electron chi connectivity index (χ1n) is 8.83. The van der Waals surface area contributed by atoms with Gasteiger partial charge in [-0.1, -0.05) is 76.3 Å². The van der Waals surface area contributed by atoms with Crippen molar-refractivity contribution in [3.8, 4) is 0 Å². The van der Waals surface area contributed by atoms with Gasteiger partial charge in [0.2, 0.25) is 0 Å². The summed E-state index contributed by atoms with van der Waals surface area (Å²) in [5, 5.41) is 8.96. The second-order valence-electron chi connectivity index (χ2n) is 8.02. The van der Waals surface area contributed by atoms with E-state index in [4.69, 9.17) is 9.53 Å². The smallest absolute Gasteiger partial charge is 0.327 e. The van der Waals surface area contributed by atoms with Crippen molar-refractivity contribution < 1.29 is 14.3 Å². The average molecular weight is 361 g/mol. The maximum atomic E-state index is 10.8. The lowest BCUT2D eigenvalue weighted by molar-refractivity contribution is -0.131. The van der Waals surface area contributed by atoms with Crippen molar-refractivity contribution in [2.24, 2.45) is 5.92 Å². The van der Waals surface area contributed by atoms with E-state index in [0.717, 1.165) is 5.56 Å². The lowest BCUT2D eigenvalue weighted by atomic mass is 10.00. The molecule has 0 aliphatic carbocycles. The van der Waals surface area contributed by atoms with E-state index in [0.29, 0.717) is 6.42 Å². The van der Waals surface area contributed by atoms with Gasteiger partial charge in [-0.2, -0.15) is 0 Å². The standard InChI is InChI=1S/C21H32O3Si/c1-17(15-16-18-11-8-7-9-12-18)19(13-10-14-20(22)23)24-25(5,6)21(2,3)4/h7-12,14-17,19H,13H2,1-6H3,(H,22,23)/t17-,19+/m1/s1. The molecule has 4 heteroatoms. The molecule has 0 spiro atoms. The summed E-state index contributed by atoms with van der Waals surface area (Å²) in [7, 11) is -1.93. The third-order valence-electron chi connectivity index (χ3n) is 4.86. The van der Waals surface area contributed by atoms with Crippen LogP contribution < -0.4 is 0 Å². The van der Waals surface area contributed by atoms with E-state index in [9.17, 15) is 4.79 Å². The summed E-state index contributed by atoms with van der Waals surface area (Å²) < 4.78 is 6.58. The van der Waals surface area contributed by atoms with Gasteiger partial charge in [-0.25, -0.2) is 4.79 Å². The average Bonchev–Trinajstić information content (AvgIpc) is 2.51. The Balaban J connectivity index is 2.92. The zero-order chi connectivity index (χ0) is 19.1. The molecule has 1 aromatic rings. The van der Waals surface area contributed by atoms with Crippen LogP contribution in [0.5, 0.6) is 0 Å². The number of benzene rings is 1. The quantitative estimate of drug-likeness (QED) is 0.474. The molecule has 0 aromatic heterocycles. The van der Waals surface area contributed by atoms with E-state index >= 15 is 0 Å². The van der Waals surface area contributed by atoms with Gasteiger partial charge in [-0.3, -0.25) is 0 Å². The Morgan fingerprint density at radius 3 is 2.36 bits per heavy atom. The molecular weight excluding hydrogens is 328 g/mol. The second-order valence-corrected chi connectivity index (χ2v) is 12.8. The molecule has 0 unspecified atom stereocenters. The first kappa shape index (κ1) is 21.4. The molecule has 2 atom stereocenters. The molecule has 1 aromatic carbocycles. The van der Waals surface area contributed by atoms with Gasteiger partial charge < -0.3 is 9.53 Å². The van der Waals surface area contributed by atoms with Gasteiger partial charge in [0.15, 0.2) is 8.32 Å². The molecule has 0 saturated heterocycles. The molecule has 0 radical (unpaired) electrons. The number of aliphatic carboxylic acids is 1. The summed E-state index contributed by atoms with van der Waals surface area (Å²) in [6.07, 6.45) is 7.73. The van der Waals surface area contributed by atoms with Gasteiger partial charge in [-0.05, 0) is 36.0 Å². The first-order chi connectivity index (χ1) is 11.5. The zero-order valence-electron chi connectivity index (χ0n) is 16.3. The largest absolute Gasteiger partial charge is 0.478 e. The monoisotopic (exact) mass is 360 g/mol. The van der Waals surface area contributed by atoms with Crippen molar-refractivity contribution in [1.29, 1.82) is 0 Å². The molecule has 0 heterocycles. The van der Waals surface area contributed by atoms with Crippen LogP contribution in [0.1, 0.15) is 39.7 Å². The van der Waals surface area contributed by atoms with E-state index in [1.165, 1.54) is 6.08 Å². The number of hydrogen-bond acceptors (Lipinski definition) is 2. The molecule has 0 fully saturated rings. The van der Waals surface area contributed by atoms with Crippen LogP contribution >= 0.6 is 0 Å². The SMILES string of the molecule is C[C@H](C=Cc1ccccc1)[C@H](CC=CC(=O)O)O[Si](C)(C)C(C)(C)C. The highest BCUT2D eigenvalue weighted by molar-refractivity contribution is 6.74. The third kappa shape index (κ3) is 7.40. The van der Waals surface area contributed by atoms with Gasteiger partial charge in [0.1, 0.15) is 0 Å². The van der Waals surface area contributed by atoms with Crippen LogP contribution in [-0.4, -0.2) is 25.5 Å². The van der Waals surface area contributed by atoms with Crippen molar-refractivity contribution >= 4 is 20.4 Å². The summed E-state index contributed by atoms with van der Waals surface area (Å²) in [5.74, 6) is -0.730. The molecule has 0 aliphatic heterocycles. The molecule has 1 rings (SSSR count). The van der Waals surface area contributed by atoms with Gasteiger partial charge in [-0.15, -0.1) is 0 Å². The van der Waals surface area contributed by atoms with Crippen molar-refractivity contribution in [1.82, 2.24) is 0 Å². The van der Waals surface area contributed by atoms with E-state index in [1.807, 2.05) is 18.2 Å². The fraction of sp³-hybridized carbons (Fsp3) is 0.476. The Labute approximate surface area is 153 Å². The van der Waals surface area contributed by atoms with Crippen molar-refractivity contribution in [3.63, 3.8) is 0 Å². The Bertz CT molecular complexity index is 597. The molecule has 25 heavy (non-hydrogen) atoms. The van der Waals surface area contributed by atoms with Crippen LogP contribution in [-0.2, 0) is 9.22 Å². The number of carboxylic acids is 1. The van der Waals surface area contributed by atoms with Gasteiger partial charge >= 0.3 is 5.97 Å². The predicted molar refractivity (Wildman–Crippen MR) is 108 cm³/mol. The Kier molecular flexibility index (Phi) is 7.84. The number of hydrogen-bond donors (Lipinski definition) is 1. The van der Waals surface area contributed by atoms with E-state index in [2.05, 4.69) is 65.1 Å². The van der Waals surface area contributed by atoms with Crippen LogP contribution in [0.4, 0.5) is 0 Å². The molecule has 0 bridgehead atoms. The highest BCUT2D eigenvalue weighted by atomic mass is 28.4. The van der Waals surface area contributed by atoms with E-state index in [-0.39, 0.29) is 17.1 Å². The van der Waals surface area contributed by atoms with Crippen LogP contribution in [0, 0.1) is 5.92 Å². The highest BCUT2D eigenvalue weighted by Crippen LogP contribution is 2.38. The second kappa shape index (κ2) is 9.16. The van der Waals surface area contributed by atoms with Crippen molar-refractivity contribution in [2.75, 3.05) is 0 Å². The van der Waals surface area contributed by atoms with Gasteiger partial charge in [0.25, 0.3) is 0 Å². The van der Waals surface area contributed by atoms with Crippen molar-refractivity contribution in [2.45, 2.75) is 58.4 Å². The Morgan fingerprint density at radius 1 is 1.24 bits per heavy atom. The lowest BCUT2D eigenvalue weighted by Crippen LogP contribution is -2.45. The summed E-state index contributed by atoms with van der Waals surface area (Å²) in [6, 6.07) is 10.2. The topological polar surface area (TPSA) is 46.5 Å². The zero-order valence-corrected chi connectivity index (χ0v) is 17.3. The summed E-state index contributed by atoms with van der Waals surface area (Å²) in [5.41, 5.74) is 1.15. The molecular formula is C21H32O3Si. The van der Waals surface area contributed by atoms with Crippen LogP contribution in [0.15, 0.2) is 48.6 Å². The summed E-state index contributed by atoms with van der Waals surface area (Å²) in [4.78, 5) is 10.8. The maximum Gasteiger partial charge on any atom is 0.327 e.